The van der Waals surface area contributed by atoms with Gasteiger partial charge in [-0.25, -0.2) is 0 Å². The van der Waals surface area contributed by atoms with Gasteiger partial charge in [-0.2, -0.15) is 0 Å². The van der Waals surface area contributed by atoms with E-state index in [1.807, 2.05) is 7.05 Å². The Morgan fingerprint density at radius 3 is 2.52 bits per heavy atom. The molecule has 7 heteroatoms. The van der Waals surface area contributed by atoms with Crippen LogP contribution in [-0.4, -0.2) is 44.1 Å². The molecule has 0 amide bonds. The lowest BCUT2D eigenvalue weighted by molar-refractivity contribution is -0.274. The SMILES string of the molecule is CN(C1CCOC1)C(CN)c1ccc(OC(F)(F)F)cc1. The van der Waals surface area contributed by atoms with Crippen LogP contribution < -0.4 is 10.5 Å². The van der Waals surface area contributed by atoms with Crippen molar-refractivity contribution >= 4 is 0 Å². The number of rotatable bonds is 5. The van der Waals surface area contributed by atoms with E-state index >= 15 is 0 Å². The molecule has 1 aliphatic rings. The van der Waals surface area contributed by atoms with E-state index in [2.05, 4.69) is 9.64 Å². The lowest BCUT2D eigenvalue weighted by Crippen LogP contribution is -2.38. The molecule has 1 aromatic carbocycles. The molecule has 1 aromatic rings. The van der Waals surface area contributed by atoms with E-state index in [4.69, 9.17) is 10.5 Å². The average Bonchev–Trinajstić information content (AvgIpc) is 2.93. The fourth-order valence-electron chi connectivity index (χ4n) is 2.53. The lowest BCUT2D eigenvalue weighted by Gasteiger charge is -2.31. The van der Waals surface area contributed by atoms with Crippen molar-refractivity contribution in [2.45, 2.75) is 24.9 Å². The van der Waals surface area contributed by atoms with Gasteiger partial charge in [0, 0.05) is 25.2 Å². The summed E-state index contributed by atoms with van der Waals surface area (Å²) in [5.74, 6) is -0.228. The second-order valence-corrected chi connectivity index (χ2v) is 5.05. The maximum atomic E-state index is 12.1. The second kappa shape index (κ2) is 6.64. The first-order chi connectivity index (χ1) is 9.90. The molecule has 0 aliphatic carbocycles. The number of hydrogen-bond acceptors (Lipinski definition) is 4. The maximum Gasteiger partial charge on any atom is 0.573 e. The Hall–Kier alpha value is -1.31. The average molecular weight is 304 g/mol. The Morgan fingerprint density at radius 1 is 1.38 bits per heavy atom. The van der Waals surface area contributed by atoms with Crippen LogP contribution in [0.15, 0.2) is 24.3 Å². The van der Waals surface area contributed by atoms with Crippen LogP contribution in [0.5, 0.6) is 5.75 Å². The van der Waals surface area contributed by atoms with E-state index in [1.165, 1.54) is 12.1 Å². The summed E-state index contributed by atoms with van der Waals surface area (Å²) in [4.78, 5) is 2.12. The van der Waals surface area contributed by atoms with Gasteiger partial charge in [-0.1, -0.05) is 12.1 Å². The highest BCUT2D eigenvalue weighted by atomic mass is 19.4. The lowest BCUT2D eigenvalue weighted by atomic mass is 10.0. The fraction of sp³-hybridized carbons (Fsp3) is 0.571. The number of halogens is 3. The molecule has 0 radical (unpaired) electrons. The van der Waals surface area contributed by atoms with Gasteiger partial charge in [-0.05, 0) is 31.2 Å². The number of ether oxygens (including phenoxy) is 2. The topological polar surface area (TPSA) is 47.7 Å². The van der Waals surface area contributed by atoms with Crippen molar-refractivity contribution in [3.8, 4) is 5.75 Å². The van der Waals surface area contributed by atoms with Gasteiger partial charge >= 0.3 is 6.36 Å². The smallest absolute Gasteiger partial charge is 0.406 e. The molecule has 2 N–H and O–H groups in total. The van der Waals surface area contributed by atoms with E-state index in [1.54, 1.807) is 12.1 Å². The van der Waals surface area contributed by atoms with E-state index in [-0.39, 0.29) is 17.8 Å². The number of alkyl halides is 3. The quantitative estimate of drug-likeness (QED) is 0.907. The van der Waals surface area contributed by atoms with E-state index in [0.717, 1.165) is 18.6 Å². The van der Waals surface area contributed by atoms with Crippen LogP contribution in [0.4, 0.5) is 13.2 Å². The summed E-state index contributed by atoms with van der Waals surface area (Å²) in [6, 6.07) is 6.08. The van der Waals surface area contributed by atoms with Gasteiger partial charge < -0.3 is 15.2 Å². The van der Waals surface area contributed by atoms with Crippen molar-refractivity contribution < 1.29 is 22.6 Å². The van der Waals surface area contributed by atoms with E-state index < -0.39 is 6.36 Å². The molecule has 2 unspecified atom stereocenters. The van der Waals surface area contributed by atoms with Crippen molar-refractivity contribution in [3.05, 3.63) is 29.8 Å². The van der Waals surface area contributed by atoms with Crippen molar-refractivity contribution in [3.63, 3.8) is 0 Å². The summed E-state index contributed by atoms with van der Waals surface area (Å²) in [5, 5.41) is 0. The van der Waals surface area contributed by atoms with Crippen molar-refractivity contribution in [1.82, 2.24) is 4.90 Å². The molecular formula is C14H19F3N2O2. The van der Waals surface area contributed by atoms with Crippen LogP contribution >= 0.6 is 0 Å². The van der Waals surface area contributed by atoms with Gasteiger partial charge in [0.1, 0.15) is 5.75 Å². The third-order valence-electron chi connectivity index (χ3n) is 3.69. The Kier molecular flexibility index (Phi) is 5.08. The van der Waals surface area contributed by atoms with Gasteiger partial charge in [-0.3, -0.25) is 4.90 Å². The molecular weight excluding hydrogens is 285 g/mol. The first-order valence-electron chi connectivity index (χ1n) is 6.76. The van der Waals surface area contributed by atoms with Crippen LogP contribution in [0.2, 0.25) is 0 Å². The standard InChI is InChI=1S/C14H19F3N2O2/c1-19(11-6-7-20-9-11)13(8-18)10-2-4-12(5-3-10)21-14(15,16)17/h2-5,11,13H,6-9,18H2,1H3. The summed E-state index contributed by atoms with van der Waals surface area (Å²) < 4.78 is 45.6. The van der Waals surface area contributed by atoms with Gasteiger partial charge in [0.2, 0.25) is 0 Å². The Morgan fingerprint density at radius 2 is 2.05 bits per heavy atom. The molecule has 21 heavy (non-hydrogen) atoms. The summed E-state index contributed by atoms with van der Waals surface area (Å²) in [6.45, 7) is 1.76. The van der Waals surface area contributed by atoms with Gasteiger partial charge in [0.15, 0.2) is 0 Å². The third-order valence-corrected chi connectivity index (χ3v) is 3.69. The summed E-state index contributed by atoms with van der Waals surface area (Å²) in [5.41, 5.74) is 6.68. The van der Waals surface area contributed by atoms with Crippen LogP contribution in [0.1, 0.15) is 18.0 Å². The monoisotopic (exact) mass is 304 g/mol. The summed E-state index contributed by atoms with van der Waals surface area (Å²) >= 11 is 0. The predicted octanol–water partition coefficient (Wildman–Crippen LogP) is 2.31. The molecule has 0 spiro atoms. The van der Waals surface area contributed by atoms with Crippen LogP contribution in [-0.2, 0) is 4.74 Å². The minimum absolute atomic E-state index is 0.0587. The molecule has 4 nitrogen and oxygen atoms in total. The Balaban J connectivity index is 2.07. The van der Waals surface area contributed by atoms with Crippen molar-refractivity contribution in [2.24, 2.45) is 5.73 Å². The molecule has 118 valence electrons. The molecule has 2 atom stereocenters. The Labute approximate surface area is 121 Å². The summed E-state index contributed by atoms with van der Waals surface area (Å²) in [7, 11) is 1.96. The van der Waals surface area contributed by atoms with Crippen LogP contribution in [0.3, 0.4) is 0 Å². The zero-order valence-electron chi connectivity index (χ0n) is 11.8. The third kappa shape index (κ3) is 4.33. The molecule has 0 saturated carbocycles. The first kappa shape index (κ1) is 16.1. The number of benzene rings is 1. The van der Waals surface area contributed by atoms with Crippen molar-refractivity contribution in [1.29, 1.82) is 0 Å². The highest BCUT2D eigenvalue weighted by Gasteiger charge is 2.31. The molecule has 1 fully saturated rings. The second-order valence-electron chi connectivity index (χ2n) is 5.05. The zero-order valence-corrected chi connectivity index (χ0v) is 11.8. The number of hydrogen-bond donors (Lipinski definition) is 1. The fourth-order valence-corrected chi connectivity index (χ4v) is 2.53. The van der Waals surface area contributed by atoms with Gasteiger partial charge in [0.05, 0.1) is 6.61 Å². The van der Waals surface area contributed by atoms with Gasteiger partial charge in [0.25, 0.3) is 0 Å². The molecule has 2 rings (SSSR count). The summed E-state index contributed by atoms with van der Waals surface area (Å²) in [6.07, 6.45) is -3.74. The molecule has 0 aromatic heterocycles. The van der Waals surface area contributed by atoms with Gasteiger partial charge in [-0.15, -0.1) is 13.2 Å². The largest absolute Gasteiger partial charge is 0.573 e. The maximum absolute atomic E-state index is 12.1. The predicted molar refractivity (Wildman–Crippen MR) is 71.9 cm³/mol. The first-order valence-corrected chi connectivity index (χ1v) is 6.76. The minimum Gasteiger partial charge on any atom is -0.406 e. The number of likely N-dealkylation sites (N-methyl/N-ethyl adjacent to an activating group) is 1. The number of nitrogens with two attached hydrogens (primary N) is 1. The van der Waals surface area contributed by atoms with Crippen LogP contribution in [0.25, 0.3) is 0 Å². The molecule has 1 heterocycles. The van der Waals surface area contributed by atoms with E-state index in [9.17, 15) is 13.2 Å². The Bertz CT molecular complexity index is 445. The highest BCUT2D eigenvalue weighted by molar-refractivity contribution is 5.29. The van der Waals surface area contributed by atoms with E-state index in [0.29, 0.717) is 13.2 Å². The molecule has 1 aliphatic heterocycles. The minimum atomic E-state index is -4.67. The zero-order chi connectivity index (χ0) is 15.5. The molecule has 1 saturated heterocycles. The highest BCUT2D eigenvalue weighted by Crippen LogP contribution is 2.27. The van der Waals surface area contributed by atoms with Crippen LogP contribution in [0, 0.1) is 0 Å². The van der Waals surface area contributed by atoms with Crippen molar-refractivity contribution in [2.75, 3.05) is 26.8 Å². The molecule has 0 bridgehead atoms. The normalized spacial score (nSPS) is 20.8. The number of nitrogens with zero attached hydrogens (tertiary/aromatic N) is 1.